The molecule has 1 aromatic rings. The van der Waals surface area contributed by atoms with Gasteiger partial charge < -0.3 is 9.47 Å². The molecule has 1 aliphatic rings. The van der Waals surface area contributed by atoms with Crippen molar-refractivity contribution in [2.24, 2.45) is 11.8 Å². The molecular weight excluding hydrogens is 244 g/mol. The Hall–Kier alpha value is -1.91. The van der Waals surface area contributed by atoms with E-state index in [2.05, 4.69) is 33.8 Å². The standard InChI is InChI=1S/C14H18N2O3/c1-10-5-3-4-6-11(10)9-19-13-8-15-7-12(16-13)14(17)18-2/h3-4,7-8,10-11H,5-6,9H2,1-2H3. The summed E-state index contributed by atoms with van der Waals surface area (Å²) in [5, 5.41) is 0. The summed E-state index contributed by atoms with van der Waals surface area (Å²) in [7, 11) is 1.31. The molecule has 2 rings (SSSR count). The van der Waals surface area contributed by atoms with E-state index in [4.69, 9.17) is 4.74 Å². The second-order valence-electron chi connectivity index (χ2n) is 4.73. The molecule has 2 unspecified atom stereocenters. The highest BCUT2D eigenvalue weighted by molar-refractivity contribution is 5.86. The van der Waals surface area contributed by atoms with Gasteiger partial charge >= 0.3 is 5.97 Å². The molecule has 2 atom stereocenters. The fraction of sp³-hybridized carbons (Fsp3) is 0.500. The Labute approximate surface area is 112 Å². The summed E-state index contributed by atoms with van der Waals surface area (Å²) < 4.78 is 10.2. The molecule has 102 valence electrons. The Bertz CT molecular complexity index is 474. The van der Waals surface area contributed by atoms with Gasteiger partial charge in [0.05, 0.1) is 26.1 Å². The van der Waals surface area contributed by atoms with Crippen LogP contribution in [0.5, 0.6) is 5.88 Å². The number of rotatable bonds is 4. The van der Waals surface area contributed by atoms with E-state index in [0.717, 1.165) is 12.8 Å². The van der Waals surface area contributed by atoms with Gasteiger partial charge in [-0.2, -0.15) is 0 Å². The van der Waals surface area contributed by atoms with Crippen LogP contribution in [0.3, 0.4) is 0 Å². The molecule has 5 heteroatoms. The Morgan fingerprint density at radius 3 is 2.89 bits per heavy atom. The number of carbonyl (C=O) groups is 1. The minimum absolute atomic E-state index is 0.164. The number of esters is 1. The van der Waals surface area contributed by atoms with E-state index < -0.39 is 5.97 Å². The normalized spacial score (nSPS) is 22.0. The van der Waals surface area contributed by atoms with E-state index in [1.165, 1.54) is 19.5 Å². The van der Waals surface area contributed by atoms with Crippen molar-refractivity contribution in [1.29, 1.82) is 0 Å². The first-order valence-corrected chi connectivity index (χ1v) is 6.39. The van der Waals surface area contributed by atoms with Crippen molar-refractivity contribution in [2.45, 2.75) is 19.8 Å². The summed E-state index contributed by atoms with van der Waals surface area (Å²) in [4.78, 5) is 19.3. The molecule has 0 amide bonds. The largest absolute Gasteiger partial charge is 0.476 e. The average Bonchev–Trinajstić information content (AvgIpc) is 2.46. The smallest absolute Gasteiger partial charge is 0.358 e. The van der Waals surface area contributed by atoms with Gasteiger partial charge in [-0.1, -0.05) is 19.1 Å². The molecule has 0 N–H and O–H groups in total. The van der Waals surface area contributed by atoms with Crippen LogP contribution in [0.25, 0.3) is 0 Å². The minimum atomic E-state index is -0.507. The molecule has 0 saturated carbocycles. The molecule has 0 spiro atoms. The van der Waals surface area contributed by atoms with Crippen molar-refractivity contribution < 1.29 is 14.3 Å². The van der Waals surface area contributed by atoms with Crippen LogP contribution >= 0.6 is 0 Å². The molecule has 0 aromatic carbocycles. The van der Waals surface area contributed by atoms with Gasteiger partial charge in [-0.3, -0.25) is 4.98 Å². The van der Waals surface area contributed by atoms with Crippen molar-refractivity contribution in [3.05, 3.63) is 30.2 Å². The van der Waals surface area contributed by atoms with Crippen LogP contribution in [-0.4, -0.2) is 29.7 Å². The number of methoxy groups -OCH3 is 1. The Morgan fingerprint density at radius 1 is 1.37 bits per heavy atom. The lowest BCUT2D eigenvalue weighted by atomic mass is 9.85. The zero-order chi connectivity index (χ0) is 13.7. The number of hydrogen-bond acceptors (Lipinski definition) is 5. The number of aromatic nitrogens is 2. The van der Waals surface area contributed by atoms with Crippen LogP contribution < -0.4 is 4.74 Å². The van der Waals surface area contributed by atoms with E-state index in [-0.39, 0.29) is 5.69 Å². The van der Waals surface area contributed by atoms with E-state index >= 15 is 0 Å². The fourth-order valence-corrected chi connectivity index (χ4v) is 2.05. The summed E-state index contributed by atoms with van der Waals surface area (Å²) >= 11 is 0. The van der Waals surface area contributed by atoms with E-state index in [9.17, 15) is 4.79 Å². The number of ether oxygens (including phenoxy) is 2. The van der Waals surface area contributed by atoms with Crippen LogP contribution in [0.15, 0.2) is 24.5 Å². The molecule has 19 heavy (non-hydrogen) atoms. The van der Waals surface area contributed by atoms with Gasteiger partial charge in [0.1, 0.15) is 0 Å². The van der Waals surface area contributed by atoms with Gasteiger partial charge in [-0.25, -0.2) is 9.78 Å². The van der Waals surface area contributed by atoms with Crippen LogP contribution in [0.4, 0.5) is 0 Å². The van der Waals surface area contributed by atoms with Crippen molar-refractivity contribution in [1.82, 2.24) is 9.97 Å². The first-order chi connectivity index (χ1) is 9.20. The Balaban J connectivity index is 1.96. The third kappa shape index (κ3) is 3.53. The number of nitrogens with zero attached hydrogens (tertiary/aromatic N) is 2. The van der Waals surface area contributed by atoms with Crippen molar-refractivity contribution in [2.75, 3.05) is 13.7 Å². The van der Waals surface area contributed by atoms with Crippen LogP contribution in [-0.2, 0) is 4.74 Å². The van der Waals surface area contributed by atoms with Crippen molar-refractivity contribution in [3.63, 3.8) is 0 Å². The lowest BCUT2D eigenvalue weighted by Gasteiger charge is -2.24. The first kappa shape index (κ1) is 13.5. The highest BCUT2D eigenvalue weighted by atomic mass is 16.5. The average molecular weight is 262 g/mol. The maximum atomic E-state index is 11.3. The highest BCUT2D eigenvalue weighted by Gasteiger charge is 2.19. The second-order valence-corrected chi connectivity index (χ2v) is 4.73. The third-order valence-corrected chi connectivity index (χ3v) is 3.37. The molecule has 0 saturated heterocycles. The van der Waals surface area contributed by atoms with Gasteiger partial charge in [0.2, 0.25) is 5.88 Å². The predicted molar refractivity (Wildman–Crippen MR) is 69.9 cm³/mol. The maximum absolute atomic E-state index is 11.3. The minimum Gasteiger partial charge on any atom is -0.476 e. The van der Waals surface area contributed by atoms with Crippen LogP contribution in [0.1, 0.15) is 30.3 Å². The summed E-state index contributed by atoms with van der Waals surface area (Å²) in [5.74, 6) is 0.937. The molecule has 1 aliphatic carbocycles. The van der Waals surface area contributed by atoms with E-state index in [1.54, 1.807) is 0 Å². The number of allylic oxidation sites excluding steroid dienone is 2. The Morgan fingerprint density at radius 2 is 2.16 bits per heavy atom. The zero-order valence-corrected chi connectivity index (χ0v) is 11.2. The molecule has 1 heterocycles. The SMILES string of the molecule is COC(=O)c1cncc(OCC2CC=CCC2C)n1. The molecule has 0 radical (unpaired) electrons. The van der Waals surface area contributed by atoms with Gasteiger partial charge in [0.25, 0.3) is 0 Å². The summed E-state index contributed by atoms with van der Waals surface area (Å²) in [6.07, 6.45) is 9.37. The molecule has 0 bridgehead atoms. The molecule has 1 aromatic heterocycles. The second kappa shape index (κ2) is 6.31. The molecular formula is C14H18N2O3. The van der Waals surface area contributed by atoms with E-state index in [1.807, 2.05) is 0 Å². The highest BCUT2D eigenvalue weighted by Crippen LogP contribution is 2.25. The molecule has 5 nitrogen and oxygen atoms in total. The van der Waals surface area contributed by atoms with Gasteiger partial charge in [-0.15, -0.1) is 0 Å². The summed E-state index contributed by atoms with van der Waals surface area (Å²) in [5.41, 5.74) is 0.164. The first-order valence-electron chi connectivity index (χ1n) is 6.39. The molecule has 0 aliphatic heterocycles. The topological polar surface area (TPSA) is 61.3 Å². The quantitative estimate of drug-likeness (QED) is 0.615. The fourth-order valence-electron chi connectivity index (χ4n) is 2.05. The van der Waals surface area contributed by atoms with Gasteiger partial charge in [-0.05, 0) is 24.7 Å². The lowest BCUT2D eigenvalue weighted by molar-refractivity contribution is 0.0591. The molecule has 0 fully saturated rings. The Kier molecular flexibility index (Phi) is 4.49. The number of hydrogen-bond donors (Lipinski definition) is 0. The van der Waals surface area contributed by atoms with Gasteiger partial charge in [0, 0.05) is 0 Å². The number of carbonyl (C=O) groups excluding carboxylic acids is 1. The zero-order valence-electron chi connectivity index (χ0n) is 11.2. The summed E-state index contributed by atoms with van der Waals surface area (Å²) in [6, 6.07) is 0. The summed E-state index contributed by atoms with van der Waals surface area (Å²) in [6.45, 7) is 2.80. The lowest BCUT2D eigenvalue weighted by Crippen LogP contribution is -2.21. The maximum Gasteiger partial charge on any atom is 0.358 e. The third-order valence-electron chi connectivity index (χ3n) is 3.37. The van der Waals surface area contributed by atoms with Crippen molar-refractivity contribution in [3.8, 4) is 5.88 Å². The van der Waals surface area contributed by atoms with Crippen LogP contribution in [0, 0.1) is 11.8 Å². The van der Waals surface area contributed by atoms with E-state index in [0.29, 0.717) is 24.3 Å². The predicted octanol–water partition coefficient (Wildman–Crippen LogP) is 2.24. The van der Waals surface area contributed by atoms with Crippen molar-refractivity contribution >= 4 is 5.97 Å². The monoisotopic (exact) mass is 262 g/mol. The van der Waals surface area contributed by atoms with Gasteiger partial charge in [0.15, 0.2) is 5.69 Å². The van der Waals surface area contributed by atoms with Crippen LogP contribution in [0.2, 0.25) is 0 Å².